The molecule has 3 aliphatic heterocycles. The highest BCUT2D eigenvalue weighted by Crippen LogP contribution is 2.48. The summed E-state index contributed by atoms with van der Waals surface area (Å²) in [5.74, 6) is 0.699. The maximum absolute atomic E-state index is 14.1. The number of piperidine rings is 1. The molecule has 0 bridgehead atoms. The molecule has 6 rings (SSSR count). The van der Waals surface area contributed by atoms with Crippen molar-refractivity contribution < 1.29 is 14.2 Å². The molecule has 2 atom stereocenters. The Balaban J connectivity index is 1.31. The van der Waals surface area contributed by atoms with Gasteiger partial charge in [0.15, 0.2) is 16.5 Å². The molecule has 0 aromatic carbocycles. The Hall–Kier alpha value is -1.84. The molecule has 1 spiro atoms. The van der Waals surface area contributed by atoms with Gasteiger partial charge in [0.05, 0.1) is 11.6 Å². The van der Waals surface area contributed by atoms with Gasteiger partial charge >= 0.3 is 6.01 Å². The van der Waals surface area contributed by atoms with Crippen molar-refractivity contribution in [3.63, 3.8) is 0 Å². The van der Waals surface area contributed by atoms with Gasteiger partial charge in [-0.05, 0) is 50.5 Å². The monoisotopic (exact) mass is 462 g/mol. The largest absolute Gasteiger partial charge is 0.461 e. The van der Waals surface area contributed by atoms with Crippen molar-refractivity contribution in [2.75, 3.05) is 37.7 Å². The van der Waals surface area contributed by atoms with E-state index >= 15 is 0 Å². The van der Waals surface area contributed by atoms with Crippen molar-refractivity contribution in [2.24, 2.45) is 5.41 Å². The lowest BCUT2D eigenvalue weighted by Crippen LogP contribution is -2.52. The van der Waals surface area contributed by atoms with E-state index in [2.05, 4.69) is 25.0 Å². The fraction of sp³-hybridized carbons (Fsp3) is 0.727. The topological polar surface area (TPSA) is 87.5 Å². The van der Waals surface area contributed by atoms with Crippen LogP contribution in [0.3, 0.4) is 0 Å². The average molecular weight is 463 g/mol. The lowest BCUT2D eigenvalue weighted by molar-refractivity contribution is -0.0396. The number of aliphatic hydroxyl groups is 1. The summed E-state index contributed by atoms with van der Waals surface area (Å²) in [6.07, 6.45) is 5.30. The van der Waals surface area contributed by atoms with Crippen molar-refractivity contribution in [2.45, 2.75) is 62.8 Å². The number of rotatable bonds is 4. The molecule has 8 nitrogen and oxygen atoms in total. The maximum atomic E-state index is 14.1. The highest BCUT2D eigenvalue weighted by molar-refractivity contribution is 6.29. The summed E-state index contributed by atoms with van der Waals surface area (Å²) in [6.45, 7) is 3.46. The van der Waals surface area contributed by atoms with Crippen molar-refractivity contribution in [1.29, 1.82) is 0 Å². The average Bonchev–Trinajstić information content (AvgIpc) is 3.26. The number of hydrogen-bond donors (Lipinski definition) is 1. The summed E-state index contributed by atoms with van der Waals surface area (Å²) in [5, 5.41) is 18.5. The van der Waals surface area contributed by atoms with Gasteiger partial charge in [-0.2, -0.15) is 9.97 Å². The lowest BCUT2D eigenvalue weighted by Gasteiger charge is -2.51. The van der Waals surface area contributed by atoms with Gasteiger partial charge in [0, 0.05) is 32.1 Å². The third-order valence-electron chi connectivity index (χ3n) is 7.90. The number of ether oxygens (including phenoxy) is 1. The van der Waals surface area contributed by atoms with E-state index in [9.17, 15) is 9.50 Å². The van der Waals surface area contributed by atoms with Crippen LogP contribution in [0.5, 0.6) is 6.01 Å². The molecule has 1 saturated carbocycles. The van der Waals surface area contributed by atoms with Crippen molar-refractivity contribution in [1.82, 2.24) is 25.1 Å². The van der Waals surface area contributed by atoms with Gasteiger partial charge in [0.1, 0.15) is 18.3 Å². The molecule has 5 heterocycles. The predicted molar refractivity (Wildman–Crippen MR) is 118 cm³/mol. The van der Waals surface area contributed by atoms with E-state index in [0.29, 0.717) is 36.4 Å². The molecule has 0 unspecified atom stereocenters. The van der Waals surface area contributed by atoms with Gasteiger partial charge in [-0.15, -0.1) is 10.2 Å². The highest BCUT2D eigenvalue weighted by Gasteiger charge is 2.50. The van der Waals surface area contributed by atoms with Crippen LogP contribution in [-0.4, -0.2) is 80.8 Å². The van der Waals surface area contributed by atoms with Gasteiger partial charge in [-0.3, -0.25) is 4.90 Å². The molecule has 0 radical (unpaired) electrons. The van der Waals surface area contributed by atoms with Crippen molar-refractivity contribution >= 4 is 28.5 Å². The zero-order valence-electron chi connectivity index (χ0n) is 18.0. The van der Waals surface area contributed by atoms with E-state index in [4.69, 9.17) is 21.3 Å². The van der Waals surface area contributed by atoms with Crippen LogP contribution in [-0.2, 0) is 0 Å². The van der Waals surface area contributed by atoms with Gasteiger partial charge < -0.3 is 14.7 Å². The third kappa shape index (κ3) is 3.49. The zero-order valence-corrected chi connectivity index (χ0v) is 18.8. The van der Waals surface area contributed by atoms with Crippen LogP contribution in [0.15, 0.2) is 6.07 Å². The number of alkyl halides is 1. The van der Waals surface area contributed by atoms with E-state index < -0.39 is 6.17 Å². The van der Waals surface area contributed by atoms with Gasteiger partial charge in [-0.25, -0.2) is 4.39 Å². The first-order chi connectivity index (χ1) is 15.4. The molecule has 1 aliphatic carbocycles. The van der Waals surface area contributed by atoms with Crippen LogP contribution in [0.25, 0.3) is 11.0 Å². The van der Waals surface area contributed by atoms with Gasteiger partial charge in [0.25, 0.3) is 0 Å². The first kappa shape index (κ1) is 20.7. The van der Waals surface area contributed by atoms with E-state index in [-0.39, 0.29) is 28.2 Å². The lowest BCUT2D eigenvalue weighted by atomic mass is 9.62. The molecule has 32 heavy (non-hydrogen) atoms. The minimum atomic E-state index is -0.802. The van der Waals surface area contributed by atoms with Crippen molar-refractivity contribution in [3.8, 4) is 6.01 Å². The Bertz CT molecular complexity index is 1030. The maximum Gasteiger partial charge on any atom is 0.319 e. The summed E-state index contributed by atoms with van der Waals surface area (Å²) in [5.41, 5.74) is 1.07. The Morgan fingerprint density at radius 3 is 2.84 bits per heavy atom. The smallest absolute Gasteiger partial charge is 0.319 e. The Morgan fingerprint density at radius 2 is 2.00 bits per heavy atom. The molecule has 1 N–H and O–H groups in total. The van der Waals surface area contributed by atoms with Crippen LogP contribution in [0.1, 0.15) is 44.9 Å². The third-order valence-corrected chi connectivity index (χ3v) is 8.09. The van der Waals surface area contributed by atoms with Crippen LogP contribution < -0.4 is 9.64 Å². The quantitative estimate of drug-likeness (QED) is 0.742. The van der Waals surface area contributed by atoms with Gasteiger partial charge in [0.2, 0.25) is 0 Å². The van der Waals surface area contributed by atoms with Crippen LogP contribution >= 0.6 is 11.6 Å². The number of anilines is 1. The number of fused-ring (bicyclic) bond motifs is 2. The highest BCUT2D eigenvalue weighted by atomic mass is 35.5. The standard InChI is InChI=1S/C22H28ClFN6O2/c23-17-7-16-18(28-27-17)19(29-5-1-3-21(12-29)9-15(31)10-21)26-20(25-16)32-13-22-4-2-6-30(22)11-14(24)8-22/h7,14-15,31H,1-6,8-13H2/t14-,15?,21?,22+/m1/s1. The first-order valence-electron chi connectivity index (χ1n) is 11.6. The Morgan fingerprint density at radius 1 is 1.16 bits per heavy atom. The minimum Gasteiger partial charge on any atom is -0.461 e. The Labute approximate surface area is 191 Å². The molecule has 2 aromatic rings. The molecular formula is C22H28ClFN6O2. The predicted octanol–water partition coefficient (Wildman–Crippen LogP) is 2.77. The minimum absolute atomic E-state index is 0.138. The van der Waals surface area contributed by atoms with E-state index in [1.807, 2.05) is 0 Å². The van der Waals surface area contributed by atoms with Crippen LogP contribution in [0.2, 0.25) is 5.15 Å². The van der Waals surface area contributed by atoms with E-state index in [0.717, 1.165) is 58.2 Å². The fourth-order valence-electron chi connectivity index (χ4n) is 6.47. The number of aliphatic hydroxyl groups excluding tert-OH is 1. The molecule has 3 saturated heterocycles. The van der Waals surface area contributed by atoms with Crippen molar-refractivity contribution in [3.05, 3.63) is 11.2 Å². The normalized spacial score (nSPS) is 34.8. The molecule has 172 valence electrons. The second kappa shape index (κ2) is 7.60. The van der Waals surface area contributed by atoms with Crippen LogP contribution in [0, 0.1) is 5.41 Å². The molecule has 0 amide bonds. The van der Waals surface area contributed by atoms with Gasteiger partial charge in [-0.1, -0.05) is 11.6 Å². The number of hydrogen-bond acceptors (Lipinski definition) is 8. The number of halogens is 2. The molecule has 10 heteroatoms. The molecule has 2 aromatic heterocycles. The molecule has 4 fully saturated rings. The fourth-order valence-corrected chi connectivity index (χ4v) is 6.61. The number of aromatic nitrogens is 4. The van der Waals surface area contributed by atoms with E-state index in [1.165, 1.54) is 0 Å². The summed E-state index contributed by atoms with van der Waals surface area (Å²) in [4.78, 5) is 13.8. The first-order valence-corrected chi connectivity index (χ1v) is 12.0. The van der Waals surface area contributed by atoms with E-state index in [1.54, 1.807) is 6.07 Å². The summed E-state index contributed by atoms with van der Waals surface area (Å²) in [6, 6.07) is 1.95. The number of nitrogens with zero attached hydrogens (tertiary/aromatic N) is 6. The molecule has 4 aliphatic rings. The van der Waals surface area contributed by atoms with Crippen LogP contribution in [0.4, 0.5) is 10.2 Å². The Kier molecular flexibility index (Phi) is 4.93. The SMILES string of the molecule is OC1CC2(CCCN(c3nc(OC[C@@]45CCCN4C[C@H](F)C5)nc4cc(Cl)nnc34)C2)C1. The second-order valence-corrected chi connectivity index (χ2v) is 10.6. The molecular weight excluding hydrogens is 435 g/mol. The summed E-state index contributed by atoms with van der Waals surface area (Å²) < 4.78 is 20.3. The second-order valence-electron chi connectivity index (χ2n) is 10.2. The zero-order chi connectivity index (χ0) is 21.9. The summed E-state index contributed by atoms with van der Waals surface area (Å²) >= 11 is 6.11. The summed E-state index contributed by atoms with van der Waals surface area (Å²) in [7, 11) is 0.